The molecule has 0 bridgehead atoms. The fraction of sp³-hybridized carbons (Fsp3) is 0.722. The van der Waals surface area contributed by atoms with E-state index in [0.717, 1.165) is 17.3 Å². The lowest BCUT2D eigenvalue weighted by Gasteiger charge is -2.23. The molecule has 2 unspecified atom stereocenters. The lowest BCUT2D eigenvalue weighted by atomic mass is 9.98. The summed E-state index contributed by atoms with van der Waals surface area (Å²) in [5.41, 5.74) is 4.99. The predicted octanol–water partition coefficient (Wildman–Crippen LogP) is 4.87. The number of hydrogen-bond donors (Lipinski definition) is 1. The highest BCUT2D eigenvalue weighted by molar-refractivity contribution is 5.33. The van der Waals surface area contributed by atoms with Gasteiger partial charge in [0, 0.05) is 23.5 Å². The Morgan fingerprint density at radius 3 is 2.25 bits per heavy atom. The van der Waals surface area contributed by atoms with Gasteiger partial charge in [0.1, 0.15) is 0 Å². The van der Waals surface area contributed by atoms with Crippen molar-refractivity contribution in [1.82, 2.24) is 10.3 Å². The van der Waals surface area contributed by atoms with E-state index in [1.54, 1.807) is 0 Å². The largest absolute Gasteiger partial charge is 0.308 e. The van der Waals surface area contributed by atoms with Gasteiger partial charge in [-0.2, -0.15) is 0 Å². The highest BCUT2D eigenvalue weighted by Gasteiger charge is 2.15. The van der Waals surface area contributed by atoms with Crippen LogP contribution in [0.5, 0.6) is 0 Å². The Labute approximate surface area is 125 Å². The summed E-state index contributed by atoms with van der Waals surface area (Å²) in [5.74, 6) is 0.811. The van der Waals surface area contributed by atoms with Crippen molar-refractivity contribution in [2.45, 2.75) is 79.8 Å². The summed E-state index contributed by atoms with van der Waals surface area (Å²) in [6.07, 6.45) is 3.88. The molecule has 0 saturated carbocycles. The number of rotatable bonds is 7. The number of hydrogen-bond acceptors (Lipinski definition) is 2. The minimum Gasteiger partial charge on any atom is -0.308 e. The molecule has 2 heteroatoms. The van der Waals surface area contributed by atoms with Gasteiger partial charge in [-0.05, 0) is 64.2 Å². The van der Waals surface area contributed by atoms with Gasteiger partial charge in [-0.15, -0.1) is 0 Å². The second-order valence-corrected chi connectivity index (χ2v) is 6.69. The molecule has 20 heavy (non-hydrogen) atoms. The van der Waals surface area contributed by atoms with Crippen molar-refractivity contribution in [3.8, 4) is 0 Å². The van der Waals surface area contributed by atoms with E-state index in [9.17, 15) is 0 Å². The van der Waals surface area contributed by atoms with Gasteiger partial charge >= 0.3 is 0 Å². The van der Waals surface area contributed by atoms with Crippen molar-refractivity contribution in [3.05, 3.63) is 28.6 Å². The zero-order valence-electron chi connectivity index (χ0n) is 14.4. The van der Waals surface area contributed by atoms with E-state index in [2.05, 4.69) is 64.8 Å². The summed E-state index contributed by atoms with van der Waals surface area (Å²) < 4.78 is 0. The highest BCUT2D eigenvalue weighted by atomic mass is 14.9. The van der Waals surface area contributed by atoms with E-state index in [-0.39, 0.29) is 0 Å². The molecule has 0 spiro atoms. The monoisotopic (exact) mass is 276 g/mol. The molecule has 0 aromatic carbocycles. The Morgan fingerprint density at radius 2 is 1.70 bits per heavy atom. The summed E-state index contributed by atoms with van der Waals surface area (Å²) in [4.78, 5) is 4.61. The molecule has 114 valence electrons. The number of aromatic nitrogens is 1. The van der Waals surface area contributed by atoms with Crippen LogP contribution in [0.25, 0.3) is 0 Å². The van der Waals surface area contributed by atoms with Gasteiger partial charge < -0.3 is 5.32 Å². The van der Waals surface area contributed by atoms with Crippen molar-refractivity contribution in [3.63, 3.8) is 0 Å². The van der Waals surface area contributed by atoms with Crippen molar-refractivity contribution in [2.24, 2.45) is 5.92 Å². The van der Waals surface area contributed by atoms with Gasteiger partial charge in [0.05, 0.1) is 0 Å². The summed E-state index contributed by atoms with van der Waals surface area (Å²) in [6, 6.07) is 3.12. The zero-order valence-corrected chi connectivity index (χ0v) is 14.4. The smallest absolute Gasteiger partial charge is 0.0426 e. The maximum Gasteiger partial charge on any atom is 0.0426 e. The maximum absolute atomic E-state index is 4.61. The molecular weight excluding hydrogens is 244 g/mol. The van der Waals surface area contributed by atoms with Gasteiger partial charge in [-0.1, -0.05) is 26.7 Å². The molecule has 1 heterocycles. The standard InChI is InChI=1S/C18H32N2/c1-12(2)9-8-10-14(4)19-16(6)18-13(3)11-15(5)20-17(18)7/h11-12,14,16,19H,8-10H2,1-7H3. The average molecular weight is 276 g/mol. The van der Waals surface area contributed by atoms with Crippen LogP contribution in [0.1, 0.15) is 75.5 Å². The van der Waals surface area contributed by atoms with Crippen LogP contribution in [0.3, 0.4) is 0 Å². The lowest BCUT2D eigenvalue weighted by molar-refractivity contribution is 0.422. The quantitative estimate of drug-likeness (QED) is 0.768. The average Bonchev–Trinajstić information content (AvgIpc) is 2.26. The van der Waals surface area contributed by atoms with Gasteiger partial charge in [0.25, 0.3) is 0 Å². The van der Waals surface area contributed by atoms with Gasteiger partial charge in [-0.25, -0.2) is 0 Å². The number of nitrogens with one attached hydrogen (secondary N) is 1. The second-order valence-electron chi connectivity index (χ2n) is 6.69. The molecule has 0 saturated heterocycles. The van der Waals surface area contributed by atoms with E-state index in [4.69, 9.17) is 0 Å². The minimum atomic E-state index is 0.372. The van der Waals surface area contributed by atoms with E-state index in [1.807, 2.05) is 0 Å². The first-order chi connectivity index (χ1) is 9.31. The summed E-state index contributed by atoms with van der Waals surface area (Å²) in [7, 11) is 0. The van der Waals surface area contributed by atoms with Crippen LogP contribution >= 0.6 is 0 Å². The Morgan fingerprint density at radius 1 is 1.05 bits per heavy atom. The molecule has 0 fully saturated rings. The number of aryl methyl sites for hydroxylation is 3. The van der Waals surface area contributed by atoms with Crippen LogP contribution in [0, 0.1) is 26.7 Å². The maximum atomic E-state index is 4.61. The van der Waals surface area contributed by atoms with Crippen molar-refractivity contribution in [2.75, 3.05) is 0 Å². The first-order valence-electron chi connectivity index (χ1n) is 8.02. The van der Waals surface area contributed by atoms with Crippen LogP contribution in [-0.2, 0) is 0 Å². The third kappa shape index (κ3) is 5.24. The molecular formula is C18H32N2. The highest BCUT2D eigenvalue weighted by Crippen LogP contribution is 2.22. The first kappa shape index (κ1) is 17.2. The van der Waals surface area contributed by atoms with Gasteiger partial charge in [0.2, 0.25) is 0 Å². The van der Waals surface area contributed by atoms with Crippen LogP contribution < -0.4 is 5.32 Å². The fourth-order valence-electron chi connectivity index (χ4n) is 3.11. The van der Waals surface area contributed by atoms with Crippen molar-refractivity contribution in [1.29, 1.82) is 0 Å². The predicted molar refractivity (Wildman–Crippen MR) is 88.1 cm³/mol. The van der Waals surface area contributed by atoms with Gasteiger partial charge in [0.15, 0.2) is 0 Å². The Hall–Kier alpha value is -0.890. The van der Waals surface area contributed by atoms with E-state index >= 15 is 0 Å². The van der Waals surface area contributed by atoms with E-state index in [1.165, 1.54) is 30.4 Å². The Balaban J connectivity index is 2.60. The Kier molecular flexibility index (Phi) is 6.67. The molecule has 2 nitrogen and oxygen atoms in total. The van der Waals surface area contributed by atoms with E-state index in [0.29, 0.717) is 12.1 Å². The zero-order chi connectivity index (χ0) is 15.3. The number of pyridine rings is 1. The summed E-state index contributed by atoms with van der Waals surface area (Å²) >= 11 is 0. The summed E-state index contributed by atoms with van der Waals surface area (Å²) in [5, 5.41) is 3.73. The molecule has 0 amide bonds. The molecule has 2 atom stereocenters. The Bertz CT molecular complexity index is 400. The number of nitrogens with zero attached hydrogens (tertiary/aromatic N) is 1. The molecule has 0 aliphatic carbocycles. The third-order valence-electron chi connectivity index (χ3n) is 3.97. The molecule has 0 aliphatic rings. The topological polar surface area (TPSA) is 24.9 Å². The van der Waals surface area contributed by atoms with Crippen molar-refractivity contribution >= 4 is 0 Å². The fourth-order valence-corrected chi connectivity index (χ4v) is 3.11. The van der Waals surface area contributed by atoms with Crippen LogP contribution in [0.15, 0.2) is 6.07 Å². The molecule has 1 aromatic heterocycles. The summed E-state index contributed by atoms with van der Waals surface area (Å²) in [6.45, 7) is 15.5. The normalized spacial score (nSPS) is 14.6. The first-order valence-corrected chi connectivity index (χ1v) is 8.02. The molecule has 1 aromatic rings. The molecule has 0 radical (unpaired) electrons. The SMILES string of the molecule is Cc1cc(C)c(C(C)NC(C)CCCC(C)C)c(C)n1. The lowest BCUT2D eigenvalue weighted by Crippen LogP contribution is -2.30. The van der Waals surface area contributed by atoms with Crippen LogP contribution in [0.2, 0.25) is 0 Å². The van der Waals surface area contributed by atoms with E-state index < -0.39 is 0 Å². The van der Waals surface area contributed by atoms with Gasteiger partial charge in [-0.3, -0.25) is 4.98 Å². The molecule has 1 N–H and O–H groups in total. The molecule has 1 rings (SSSR count). The second kappa shape index (κ2) is 7.78. The third-order valence-corrected chi connectivity index (χ3v) is 3.97. The minimum absolute atomic E-state index is 0.372. The van der Waals surface area contributed by atoms with Crippen LogP contribution in [-0.4, -0.2) is 11.0 Å². The van der Waals surface area contributed by atoms with Crippen LogP contribution in [0.4, 0.5) is 0 Å². The van der Waals surface area contributed by atoms with Crippen molar-refractivity contribution < 1.29 is 0 Å². The molecule has 0 aliphatic heterocycles.